The zero-order chi connectivity index (χ0) is 14.0. The van der Waals surface area contributed by atoms with E-state index >= 15 is 0 Å². The fourth-order valence-electron chi connectivity index (χ4n) is 2.27. The summed E-state index contributed by atoms with van der Waals surface area (Å²) in [4.78, 5) is 1.59. The molecule has 1 heterocycles. The van der Waals surface area contributed by atoms with Crippen LogP contribution in [0.2, 0.25) is 0 Å². The van der Waals surface area contributed by atoms with E-state index in [1.54, 1.807) is 4.90 Å². The van der Waals surface area contributed by atoms with Gasteiger partial charge in [0, 0.05) is 37.8 Å². The van der Waals surface area contributed by atoms with Gasteiger partial charge in [0.15, 0.2) is 23.3 Å². The van der Waals surface area contributed by atoms with Crippen LogP contribution in [0, 0.1) is 23.3 Å². The van der Waals surface area contributed by atoms with Crippen molar-refractivity contribution in [1.29, 1.82) is 0 Å². The lowest BCUT2D eigenvalue weighted by atomic mass is 10.0. The van der Waals surface area contributed by atoms with E-state index < -0.39 is 41.5 Å². The highest BCUT2D eigenvalue weighted by Crippen LogP contribution is 2.29. The molecule has 1 aromatic carbocycles. The Morgan fingerprint density at radius 2 is 1.60 bits per heavy atom. The molecule has 8 heteroatoms. The molecule has 0 aliphatic carbocycles. The van der Waals surface area contributed by atoms with Crippen LogP contribution in [0.15, 0.2) is 6.07 Å². The molecule has 0 unspecified atom stereocenters. The van der Waals surface area contributed by atoms with Gasteiger partial charge in [-0.2, -0.15) is 0 Å². The van der Waals surface area contributed by atoms with Gasteiger partial charge >= 0.3 is 0 Å². The zero-order valence-electron chi connectivity index (χ0n) is 10.5. The average Bonchev–Trinajstić information content (AvgIpc) is 2.42. The minimum Gasteiger partial charge on any atom is -0.394 e. The van der Waals surface area contributed by atoms with E-state index in [0.29, 0.717) is 26.2 Å². The van der Waals surface area contributed by atoms with Gasteiger partial charge in [-0.15, -0.1) is 12.4 Å². The summed E-state index contributed by atoms with van der Waals surface area (Å²) in [7, 11) is 0. The summed E-state index contributed by atoms with van der Waals surface area (Å²) < 4.78 is 53.8. The highest BCUT2D eigenvalue weighted by atomic mass is 35.5. The second kappa shape index (κ2) is 7.21. The largest absolute Gasteiger partial charge is 0.394 e. The van der Waals surface area contributed by atoms with E-state index in [2.05, 4.69) is 5.32 Å². The van der Waals surface area contributed by atoms with Crippen LogP contribution in [0.1, 0.15) is 11.6 Å². The fourth-order valence-corrected chi connectivity index (χ4v) is 2.27. The zero-order valence-corrected chi connectivity index (χ0v) is 11.3. The van der Waals surface area contributed by atoms with Crippen LogP contribution in [-0.4, -0.2) is 42.8 Å². The third-order valence-electron chi connectivity index (χ3n) is 3.24. The van der Waals surface area contributed by atoms with Crippen molar-refractivity contribution in [2.24, 2.45) is 0 Å². The third-order valence-corrected chi connectivity index (χ3v) is 3.24. The lowest BCUT2D eigenvalue weighted by Gasteiger charge is -2.34. The first-order valence-corrected chi connectivity index (χ1v) is 5.94. The van der Waals surface area contributed by atoms with Crippen molar-refractivity contribution in [1.82, 2.24) is 10.2 Å². The van der Waals surface area contributed by atoms with Gasteiger partial charge in [-0.1, -0.05) is 0 Å². The number of hydrogen-bond acceptors (Lipinski definition) is 3. The summed E-state index contributed by atoms with van der Waals surface area (Å²) in [5.41, 5.74) is -0.748. The molecule has 1 aromatic rings. The molecule has 0 radical (unpaired) electrons. The highest BCUT2D eigenvalue weighted by molar-refractivity contribution is 5.85. The molecule has 0 bridgehead atoms. The molecule has 1 atom stereocenters. The van der Waals surface area contributed by atoms with Gasteiger partial charge in [-0.3, -0.25) is 4.90 Å². The number of nitrogens with one attached hydrogen (secondary N) is 1. The fraction of sp³-hybridized carbons (Fsp3) is 0.500. The molecule has 0 amide bonds. The number of nitrogens with zero attached hydrogens (tertiary/aromatic N) is 1. The lowest BCUT2D eigenvalue weighted by molar-refractivity contribution is 0.104. The molecule has 114 valence electrons. The Morgan fingerprint density at radius 1 is 1.10 bits per heavy atom. The summed E-state index contributed by atoms with van der Waals surface area (Å²) in [6, 6.07) is -0.923. The first-order valence-electron chi connectivity index (χ1n) is 5.94. The second-order valence-corrected chi connectivity index (χ2v) is 4.37. The Labute approximate surface area is 120 Å². The van der Waals surface area contributed by atoms with Gasteiger partial charge in [0.25, 0.3) is 0 Å². The number of aliphatic hydroxyl groups is 1. The smallest absolute Gasteiger partial charge is 0.166 e. The number of benzene rings is 1. The third kappa shape index (κ3) is 3.22. The van der Waals surface area contributed by atoms with Gasteiger partial charge in [0.05, 0.1) is 12.6 Å². The number of rotatable bonds is 3. The normalized spacial score (nSPS) is 17.6. The highest BCUT2D eigenvalue weighted by Gasteiger charge is 2.30. The predicted octanol–water partition coefficient (Wildman–Crippen LogP) is 1.60. The minimum atomic E-state index is -1.46. The molecule has 2 rings (SSSR count). The molecular formula is C12H15ClF4N2O. The molecule has 0 aromatic heterocycles. The Kier molecular flexibility index (Phi) is 6.19. The van der Waals surface area contributed by atoms with Crippen LogP contribution in [0.5, 0.6) is 0 Å². The molecule has 3 nitrogen and oxygen atoms in total. The van der Waals surface area contributed by atoms with E-state index in [1.807, 2.05) is 0 Å². The molecule has 1 saturated heterocycles. The summed E-state index contributed by atoms with van der Waals surface area (Å²) in [5.74, 6) is -5.81. The molecule has 1 aliphatic rings. The van der Waals surface area contributed by atoms with E-state index in [1.165, 1.54) is 0 Å². The van der Waals surface area contributed by atoms with Gasteiger partial charge < -0.3 is 10.4 Å². The summed E-state index contributed by atoms with van der Waals surface area (Å²) in [6.07, 6.45) is 0. The van der Waals surface area contributed by atoms with Crippen molar-refractivity contribution >= 4 is 12.4 Å². The molecule has 1 aliphatic heterocycles. The standard InChI is InChI=1S/C12H14F4N2O.ClH/c13-7-5-8(14)12(16)10(11(7)15)9(6-19)18-3-1-17-2-4-18;/h5,9,17,19H,1-4,6H2;1H/t9-;/m0./s1. The van der Waals surface area contributed by atoms with Crippen molar-refractivity contribution in [2.45, 2.75) is 6.04 Å². The second-order valence-electron chi connectivity index (χ2n) is 4.37. The maximum absolute atomic E-state index is 13.7. The summed E-state index contributed by atoms with van der Waals surface area (Å²) in [5, 5.41) is 12.4. The van der Waals surface area contributed by atoms with Gasteiger partial charge in [0.2, 0.25) is 0 Å². The van der Waals surface area contributed by atoms with Crippen LogP contribution in [-0.2, 0) is 0 Å². The number of hydrogen-bond donors (Lipinski definition) is 2. The monoisotopic (exact) mass is 314 g/mol. The lowest BCUT2D eigenvalue weighted by Crippen LogP contribution is -2.46. The van der Waals surface area contributed by atoms with Crippen LogP contribution in [0.25, 0.3) is 0 Å². The Morgan fingerprint density at radius 3 is 2.05 bits per heavy atom. The summed E-state index contributed by atoms with van der Waals surface area (Å²) >= 11 is 0. The van der Waals surface area contributed by atoms with Gasteiger partial charge in [0.1, 0.15) is 0 Å². The molecule has 0 spiro atoms. The van der Waals surface area contributed by atoms with Crippen molar-refractivity contribution in [3.8, 4) is 0 Å². The molecule has 0 saturated carbocycles. The van der Waals surface area contributed by atoms with E-state index in [9.17, 15) is 22.7 Å². The summed E-state index contributed by atoms with van der Waals surface area (Å²) in [6.45, 7) is 1.41. The first-order chi connectivity index (χ1) is 9.06. The van der Waals surface area contributed by atoms with Crippen LogP contribution < -0.4 is 5.32 Å². The van der Waals surface area contributed by atoms with Crippen molar-refractivity contribution in [3.05, 3.63) is 34.9 Å². The number of aliphatic hydroxyl groups excluding tert-OH is 1. The van der Waals surface area contributed by atoms with E-state index in [4.69, 9.17) is 0 Å². The van der Waals surface area contributed by atoms with Crippen molar-refractivity contribution < 1.29 is 22.7 Å². The van der Waals surface area contributed by atoms with Crippen LogP contribution in [0.3, 0.4) is 0 Å². The van der Waals surface area contributed by atoms with E-state index in [0.717, 1.165) is 0 Å². The topological polar surface area (TPSA) is 35.5 Å². The van der Waals surface area contributed by atoms with E-state index in [-0.39, 0.29) is 18.5 Å². The van der Waals surface area contributed by atoms with Crippen LogP contribution in [0.4, 0.5) is 17.6 Å². The number of piperazine rings is 1. The van der Waals surface area contributed by atoms with Crippen LogP contribution >= 0.6 is 12.4 Å². The van der Waals surface area contributed by atoms with Gasteiger partial charge in [-0.05, 0) is 0 Å². The maximum Gasteiger partial charge on any atom is 0.166 e. The molecule has 2 N–H and O–H groups in total. The Bertz CT molecular complexity index is 443. The molecular weight excluding hydrogens is 300 g/mol. The first kappa shape index (κ1) is 17.2. The van der Waals surface area contributed by atoms with Crippen molar-refractivity contribution in [3.63, 3.8) is 0 Å². The Balaban J connectivity index is 0.00000200. The van der Waals surface area contributed by atoms with Crippen molar-refractivity contribution in [2.75, 3.05) is 32.8 Å². The number of halogens is 5. The SMILES string of the molecule is Cl.OC[C@@H](c1c(F)c(F)cc(F)c1F)N1CCNCC1. The average molecular weight is 315 g/mol. The molecule has 20 heavy (non-hydrogen) atoms. The quantitative estimate of drug-likeness (QED) is 0.657. The minimum absolute atomic E-state index is 0. The molecule has 1 fully saturated rings. The predicted molar refractivity (Wildman–Crippen MR) is 67.8 cm³/mol. The Hall–Kier alpha value is -0.890. The maximum atomic E-state index is 13.7. The van der Waals surface area contributed by atoms with Gasteiger partial charge in [-0.25, -0.2) is 17.6 Å².